The minimum atomic E-state index is -1.27. The molecule has 0 amide bonds. The number of carbonyl (C=O) groups excluding carboxylic acids is 3. The van der Waals surface area contributed by atoms with Gasteiger partial charge in [0.15, 0.2) is 11.6 Å². The van der Waals surface area contributed by atoms with Gasteiger partial charge in [-0.3, -0.25) is 14.4 Å². The van der Waals surface area contributed by atoms with E-state index in [1.165, 1.54) is 6.92 Å². The first kappa shape index (κ1) is 27.8. The number of fused-ring (bicyclic) bond motifs is 2. The van der Waals surface area contributed by atoms with Gasteiger partial charge in [-0.1, -0.05) is 47.3 Å². The van der Waals surface area contributed by atoms with Gasteiger partial charge < -0.3 is 14.9 Å². The van der Waals surface area contributed by atoms with Gasteiger partial charge in [-0.05, 0) is 89.6 Å². The Morgan fingerprint density at radius 1 is 1.18 bits per heavy atom. The molecular weight excluding hydrogens is 480 g/mol. The van der Waals surface area contributed by atoms with Gasteiger partial charge in [0.25, 0.3) is 0 Å². The predicted molar refractivity (Wildman–Crippen MR) is 144 cm³/mol. The van der Waals surface area contributed by atoms with Gasteiger partial charge in [0.1, 0.15) is 12.2 Å². The molecule has 0 bridgehead atoms. The molecule has 4 saturated carbocycles. The van der Waals surface area contributed by atoms with E-state index in [4.69, 9.17) is 4.74 Å². The van der Waals surface area contributed by atoms with E-state index < -0.39 is 23.7 Å². The molecule has 5 aliphatic rings. The first-order chi connectivity index (χ1) is 17.7. The number of Topliss-reactive ketones (excluding diaryl/α,β-unsaturated/α-hetero) is 1. The van der Waals surface area contributed by atoms with Gasteiger partial charge in [-0.2, -0.15) is 0 Å². The Morgan fingerprint density at radius 2 is 1.87 bits per heavy atom. The number of hydrogen-bond acceptors (Lipinski definition) is 6. The molecular formula is C32H46O6. The molecule has 2 N–H and O–H groups in total. The number of ketones is 2. The van der Waals surface area contributed by atoms with Crippen molar-refractivity contribution in [2.75, 3.05) is 6.61 Å². The third-order valence-corrected chi connectivity index (χ3v) is 12.9. The molecule has 12 atom stereocenters. The van der Waals surface area contributed by atoms with Crippen LogP contribution in [0.3, 0.4) is 0 Å². The second kappa shape index (κ2) is 8.86. The summed E-state index contributed by atoms with van der Waals surface area (Å²) in [5.41, 5.74) is 0.144. The van der Waals surface area contributed by atoms with Crippen molar-refractivity contribution in [1.82, 2.24) is 0 Å². The van der Waals surface area contributed by atoms with Crippen LogP contribution in [-0.2, 0) is 19.1 Å². The molecule has 38 heavy (non-hydrogen) atoms. The fourth-order valence-corrected chi connectivity index (χ4v) is 10.6. The molecule has 5 unspecified atom stereocenters. The molecule has 0 radical (unpaired) electrons. The molecule has 5 rings (SSSR count). The molecule has 2 spiro atoms. The summed E-state index contributed by atoms with van der Waals surface area (Å²) >= 11 is 0. The average Bonchev–Trinajstić information content (AvgIpc) is 3.48. The molecule has 0 aromatic heterocycles. The molecule has 4 fully saturated rings. The lowest BCUT2D eigenvalue weighted by Crippen LogP contribution is -2.56. The van der Waals surface area contributed by atoms with Crippen LogP contribution in [0.4, 0.5) is 0 Å². The van der Waals surface area contributed by atoms with Gasteiger partial charge in [0.05, 0.1) is 0 Å². The summed E-state index contributed by atoms with van der Waals surface area (Å²) in [6, 6.07) is 0. The second-order valence-electron chi connectivity index (χ2n) is 14.1. The van der Waals surface area contributed by atoms with Gasteiger partial charge >= 0.3 is 5.97 Å². The third kappa shape index (κ3) is 3.41. The van der Waals surface area contributed by atoms with Crippen LogP contribution in [-0.4, -0.2) is 46.6 Å². The Hall–Kier alpha value is -1.79. The molecule has 6 nitrogen and oxygen atoms in total. The molecule has 0 heterocycles. The van der Waals surface area contributed by atoms with E-state index in [9.17, 15) is 24.6 Å². The Labute approximate surface area is 227 Å². The van der Waals surface area contributed by atoms with Gasteiger partial charge in [-0.15, -0.1) is 0 Å². The van der Waals surface area contributed by atoms with Crippen molar-refractivity contribution >= 4 is 17.5 Å². The van der Waals surface area contributed by atoms with Crippen molar-refractivity contribution in [3.05, 3.63) is 24.3 Å². The highest BCUT2D eigenvalue weighted by atomic mass is 16.5. The van der Waals surface area contributed by atoms with Crippen LogP contribution >= 0.6 is 0 Å². The Balaban J connectivity index is 1.50. The normalized spacial score (nSPS) is 47.1. The summed E-state index contributed by atoms with van der Waals surface area (Å²) in [7, 11) is 0. The van der Waals surface area contributed by atoms with Crippen molar-refractivity contribution in [3.63, 3.8) is 0 Å². The smallest absolute Gasteiger partial charge is 0.302 e. The summed E-state index contributed by atoms with van der Waals surface area (Å²) in [5.74, 6) is -0.640. The first-order valence-corrected chi connectivity index (χ1v) is 14.6. The van der Waals surface area contributed by atoms with Crippen molar-refractivity contribution in [3.8, 4) is 0 Å². The van der Waals surface area contributed by atoms with E-state index in [2.05, 4.69) is 33.4 Å². The number of carbonyl (C=O) groups is 3. The number of hydrogen-bond donors (Lipinski definition) is 2. The van der Waals surface area contributed by atoms with Crippen LogP contribution in [0.5, 0.6) is 0 Å². The number of ether oxygens (including phenoxy) is 1. The van der Waals surface area contributed by atoms with Crippen LogP contribution in [0.25, 0.3) is 0 Å². The van der Waals surface area contributed by atoms with E-state index in [-0.39, 0.29) is 63.5 Å². The molecule has 0 aromatic carbocycles. The minimum absolute atomic E-state index is 0.0714. The molecule has 210 valence electrons. The average molecular weight is 527 g/mol. The van der Waals surface area contributed by atoms with Gasteiger partial charge in [-0.25, -0.2) is 0 Å². The lowest BCUT2D eigenvalue weighted by molar-refractivity contribution is -0.154. The molecule has 6 heteroatoms. The van der Waals surface area contributed by atoms with Crippen molar-refractivity contribution in [2.24, 2.45) is 57.2 Å². The Bertz CT molecular complexity index is 1090. The summed E-state index contributed by atoms with van der Waals surface area (Å²) in [4.78, 5) is 38.1. The van der Waals surface area contributed by atoms with Crippen molar-refractivity contribution in [1.29, 1.82) is 0 Å². The highest BCUT2D eigenvalue weighted by Crippen LogP contribution is 2.87. The standard InChI is InChI=1S/C32H46O6/c1-17(15-33)18(2)27(36)28(37)20(4)26-24(38-21(5)34)14-30(7)25-9-8-22-19(3)23(35)10-11-31(22)16-32(25,31)13-12-29(26,30)6/h10-11,17,19-20,22,24-26,28,33,37H,2,8-9,12-16H2,1,3-7H3/t17-,19?,20-,22?,24-,25?,26-,28+,29+,30-,31?,32?/m0/s1. The molecule has 0 aromatic rings. The number of esters is 1. The maximum Gasteiger partial charge on any atom is 0.302 e. The molecule has 5 aliphatic carbocycles. The van der Waals surface area contributed by atoms with E-state index in [0.717, 1.165) is 38.5 Å². The summed E-state index contributed by atoms with van der Waals surface area (Å²) in [5, 5.41) is 20.9. The zero-order valence-electron chi connectivity index (χ0n) is 24.0. The van der Waals surface area contributed by atoms with Crippen LogP contribution in [0, 0.1) is 57.2 Å². The molecule has 0 saturated heterocycles. The van der Waals surface area contributed by atoms with E-state index in [1.54, 1.807) is 6.92 Å². The third-order valence-electron chi connectivity index (χ3n) is 12.9. The van der Waals surface area contributed by atoms with E-state index >= 15 is 0 Å². The zero-order chi connectivity index (χ0) is 28.0. The number of aliphatic hydroxyl groups excluding tert-OH is 2. The molecule has 0 aliphatic heterocycles. The van der Waals surface area contributed by atoms with Gasteiger partial charge in [0, 0.05) is 31.3 Å². The quantitative estimate of drug-likeness (QED) is 0.369. The van der Waals surface area contributed by atoms with Crippen LogP contribution < -0.4 is 0 Å². The first-order valence-electron chi connectivity index (χ1n) is 14.6. The van der Waals surface area contributed by atoms with Crippen LogP contribution in [0.2, 0.25) is 0 Å². The lowest BCUT2D eigenvalue weighted by Gasteiger charge is -2.61. The fourth-order valence-electron chi connectivity index (χ4n) is 10.6. The van der Waals surface area contributed by atoms with Crippen LogP contribution in [0.1, 0.15) is 80.1 Å². The highest BCUT2D eigenvalue weighted by Gasteiger charge is 2.81. The Morgan fingerprint density at radius 3 is 2.50 bits per heavy atom. The van der Waals surface area contributed by atoms with Crippen molar-refractivity contribution < 1.29 is 29.3 Å². The maximum absolute atomic E-state index is 13.2. The number of rotatable bonds is 7. The monoisotopic (exact) mass is 526 g/mol. The zero-order valence-corrected chi connectivity index (χ0v) is 24.0. The van der Waals surface area contributed by atoms with Gasteiger partial charge in [0.2, 0.25) is 0 Å². The SMILES string of the molecule is C=C(C(=O)[C@H](O)[C@@H](C)[C@H]1[C@@H](OC(C)=O)C[C@@]2(C)C3CCC4C(C)C(=O)C=CC45CC35CC[C@]12C)[C@@H](C)CO. The summed E-state index contributed by atoms with van der Waals surface area (Å²) in [6.07, 6.45) is 8.39. The number of aliphatic hydroxyl groups is 2. The lowest BCUT2D eigenvalue weighted by atomic mass is 9.43. The summed E-state index contributed by atoms with van der Waals surface area (Å²) < 4.78 is 6.01. The minimum Gasteiger partial charge on any atom is -0.462 e. The highest BCUT2D eigenvalue weighted by molar-refractivity contribution is 5.98. The summed E-state index contributed by atoms with van der Waals surface area (Å²) in [6.45, 7) is 15.5. The number of allylic oxidation sites excluding steroid dienone is 2. The Kier molecular flexibility index (Phi) is 6.47. The largest absolute Gasteiger partial charge is 0.462 e. The topological polar surface area (TPSA) is 101 Å². The van der Waals surface area contributed by atoms with E-state index in [0.29, 0.717) is 11.8 Å². The second-order valence-corrected chi connectivity index (χ2v) is 14.1. The fraction of sp³-hybridized carbons (Fsp3) is 0.781. The van der Waals surface area contributed by atoms with E-state index in [1.807, 2.05) is 13.0 Å². The van der Waals surface area contributed by atoms with Crippen molar-refractivity contribution in [2.45, 2.75) is 92.3 Å². The van der Waals surface area contributed by atoms with Crippen LogP contribution in [0.15, 0.2) is 24.3 Å². The maximum atomic E-state index is 13.2. The predicted octanol–water partition coefficient (Wildman–Crippen LogP) is 4.67.